The van der Waals surface area contributed by atoms with Crippen molar-refractivity contribution >= 4 is 39.7 Å². The molecular formula is C13H13ClN2O2S. The Labute approximate surface area is 120 Å². The molecule has 0 saturated heterocycles. The van der Waals surface area contributed by atoms with E-state index in [0.717, 1.165) is 16.5 Å². The number of aryl methyl sites for hydroxylation is 1. The molecule has 19 heavy (non-hydrogen) atoms. The van der Waals surface area contributed by atoms with E-state index in [1.807, 2.05) is 29.6 Å². The summed E-state index contributed by atoms with van der Waals surface area (Å²) in [6.45, 7) is 0. The van der Waals surface area contributed by atoms with E-state index in [9.17, 15) is 4.79 Å². The van der Waals surface area contributed by atoms with Crippen molar-refractivity contribution in [2.24, 2.45) is 0 Å². The van der Waals surface area contributed by atoms with Crippen LogP contribution in [-0.2, 0) is 16.0 Å². The topological polar surface area (TPSA) is 51.2 Å². The van der Waals surface area contributed by atoms with Crippen LogP contribution in [0.4, 0.5) is 10.8 Å². The highest BCUT2D eigenvalue weighted by Crippen LogP contribution is 2.23. The Balaban J connectivity index is 1.95. The van der Waals surface area contributed by atoms with Crippen LogP contribution in [0.1, 0.15) is 12.1 Å². The van der Waals surface area contributed by atoms with Crippen LogP contribution >= 0.6 is 22.9 Å². The number of nitrogens with zero attached hydrogens (tertiary/aromatic N) is 1. The van der Waals surface area contributed by atoms with E-state index >= 15 is 0 Å². The molecule has 0 spiro atoms. The van der Waals surface area contributed by atoms with Crippen LogP contribution in [0.3, 0.4) is 0 Å². The van der Waals surface area contributed by atoms with Crippen LogP contribution in [-0.4, -0.2) is 18.1 Å². The summed E-state index contributed by atoms with van der Waals surface area (Å²) in [6, 6.07) is 7.44. The molecule has 0 atom stereocenters. The highest BCUT2D eigenvalue weighted by Gasteiger charge is 2.06. The standard InChI is InChI=1S/C13H13ClN2O2S/c1-18-12(17)6-5-11-8-19-13(16-11)15-10-4-2-3-9(14)7-10/h2-4,7-8H,5-6H2,1H3,(H,15,16). The molecule has 1 heterocycles. The van der Waals surface area contributed by atoms with E-state index in [4.69, 9.17) is 11.6 Å². The van der Waals surface area contributed by atoms with Gasteiger partial charge in [-0.2, -0.15) is 0 Å². The lowest BCUT2D eigenvalue weighted by molar-refractivity contribution is -0.140. The minimum atomic E-state index is -0.225. The Morgan fingerprint density at radius 1 is 1.53 bits per heavy atom. The van der Waals surface area contributed by atoms with Gasteiger partial charge in [-0.3, -0.25) is 4.79 Å². The molecule has 0 bridgehead atoms. The summed E-state index contributed by atoms with van der Waals surface area (Å²) < 4.78 is 4.59. The number of benzene rings is 1. The zero-order valence-electron chi connectivity index (χ0n) is 10.4. The van der Waals surface area contributed by atoms with Crippen molar-refractivity contribution in [3.63, 3.8) is 0 Å². The molecular weight excluding hydrogens is 284 g/mol. The first-order valence-corrected chi connectivity index (χ1v) is 6.97. The number of carbonyl (C=O) groups excluding carboxylic acids is 1. The smallest absolute Gasteiger partial charge is 0.305 e. The molecule has 0 fully saturated rings. The molecule has 6 heteroatoms. The summed E-state index contributed by atoms with van der Waals surface area (Å²) in [5, 5.41) is 6.55. The number of aromatic nitrogens is 1. The maximum Gasteiger partial charge on any atom is 0.305 e. The van der Waals surface area contributed by atoms with Gasteiger partial charge in [-0.05, 0) is 18.2 Å². The lowest BCUT2D eigenvalue weighted by Crippen LogP contribution is -2.02. The number of hydrogen-bond donors (Lipinski definition) is 1. The third-order valence-corrected chi connectivity index (χ3v) is 3.48. The van der Waals surface area contributed by atoms with Gasteiger partial charge in [-0.25, -0.2) is 4.98 Å². The predicted octanol–water partition coefficient (Wildman–Crippen LogP) is 3.65. The zero-order chi connectivity index (χ0) is 13.7. The molecule has 1 aromatic carbocycles. The Morgan fingerprint density at radius 2 is 2.37 bits per heavy atom. The summed E-state index contributed by atoms with van der Waals surface area (Å²) in [5.74, 6) is -0.225. The van der Waals surface area contributed by atoms with Crippen LogP contribution in [0.25, 0.3) is 0 Å². The first-order valence-electron chi connectivity index (χ1n) is 5.71. The third kappa shape index (κ3) is 4.22. The number of rotatable bonds is 5. The third-order valence-electron chi connectivity index (χ3n) is 2.44. The lowest BCUT2D eigenvalue weighted by Gasteiger charge is -2.02. The van der Waals surface area contributed by atoms with Gasteiger partial charge in [0.15, 0.2) is 5.13 Å². The SMILES string of the molecule is COC(=O)CCc1csc(Nc2cccc(Cl)c2)n1. The summed E-state index contributed by atoms with van der Waals surface area (Å²) in [5.41, 5.74) is 1.77. The van der Waals surface area contributed by atoms with Crippen molar-refractivity contribution in [2.75, 3.05) is 12.4 Å². The van der Waals surface area contributed by atoms with Gasteiger partial charge in [0.05, 0.1) is 19.2 Å². The molecule has 0 aliphatic carbocycles. The highest BCUT2D eigenvalue weighted by molar-refractivity contribution is 7.13. The largest absolute Gasteiger partial charge is 0.469 e. The monoisotopic (exact) mass is 296 g/mol. The number of methoxy groups -OCH3 is 1. The van der Waals surface area contributed by atoms with Crippen molar-refractivity contribution in [3.8, 4) is 0 Å². The number of carbonyl (C=O) groups is 1. The lowest BCUT2D eigenvalue weighted by atomic mass is 10.2. The molecule has 0 saturated carbocycles. The fourth-order valence-corrected chi connectivity index (χ4v) is 2.46. The second-order valence-electron chi connectivity index (χ2n) is 3.86. The predicted molar refractivity (Wildman–Crippen MR) is 77.2 cm³/mol. The summed E-state index contributed by atoms with van der Waals surface area (Å²) in [7, 11) is 1.38. The molecule has 1 aromatic heterocycles. The molecule has 0 aliphatic heterocycles. The van der Waals surface area contributed by atoms with Gasteiger partial charge >= 0.3 is 5.97 Å². The second kappa shape index (κ2) is 6.54. The molecule has 2 aromatic rings. The van der Waals surface area contributed by atoms with Crippen molar-refractivity contribution in [3.05, 3.63) is 40.4 Å². The van der Waals surface area contributed by atoms with Gasteiger partial charge in [-0.15, -0.1) is 11.3 Å². The van der Waals surface area contributed by atoms with Crippen LogP contribution in [0.15, 0.2) is 29.6 Å². The molecule has 2 rings (SSSR count). The fraction of sp³-hybridized carbons (Fsp3) is 0.231. The molecule has 1 N–H and O–H groups in total. The van der Waals surface area contributed by atoms with Crippen LogP contribution in [0.5, 0.6) is 0 Å². The van der Waals surface area contributed by atoms with Gasteiger partial charge in [-0.1, -0.05) is 17.7 Å². The maximum atomic E-state index is 11.0. The summed E-state index contributed by atoms with van der Waals surface area (Å²) in [4.78, 5) is 15.4. The number of ether oxygens (including phenoxy) is 1. The first-order chi connectivity index (χ1) is 9.17. The van der Waals surface area contributed by atoms with E-state index in [1.54, 1.807) is 0 Å². The average Bonchev–Trinajstić information content (AvgIpc) is 2.83. The van der Waals surface area contributed by atoms with Crippen LogP contribution < -0.4 is 5.32 Å². The van der Waals surface area contributed by atoms with Crippen molar-refractivity contribution in [1.29, 1.82) is 0 Å². The van der Waals surface area contributed by atoms with E-state index in [1.165, 1.54) is 18.4 Å². The quantitative estimate of drug-likeness (QED) is 0.856. The highest BCUT2D eigenvalue weighted by atomic mass is 35.5. The number of anilines is 2. The first kappa shape index (κ1) is 13.8. The number of halogens is 1. The van der Waals surface area contributed by atoms with Gasteiger partial charge < -0.3 is 10.1 Å². The number of esters is 1. The molecule has 0 radical (unpaired) electrons. The Morgan fingerprint density at radius 3 is 3.11 bits per heavy atom. The van der Waals surface area contributed by atoms with Gasteiger partial charge in [0, 0.05) is 22.5 Å². The normalized spacial score (nSPS) is 10.2. The van der Waals surface area contributed by atoms with Gasteiger partial charge in [0.1, 0.15) is 0 Å². The van der Waals surface area contributed by atoms with Gasteiger partial charge in [0.25, 0.3) is 0 Å². The second-order valence-corrected chi connectivity index (χ2v) is 5.15. The molecule has 4 nitrogen and oxygen atoms in total. The van der Waals surface area contributed by atoms with Crippen molar-refractivity contribution in [2.45, 2.75) is 12.8 Å². The van der Waals surface area contributed by atoms with Crippen LogP contribution in [0.2, 0.25) is 5.02 Å². The summed E-state index contributed by atoms with van der Waals surface area (Å²) in [6.07, 6.45) is 0.928. The van der Waals surface area contributed by atoms with E-state index in [2.05, 4.69) is 15.0 Å². The number of nitrogens with one attached hydrogen (secondary N) is 1. The Bertz CT molecular complexity index is 571. The molecule has 0 amide bonds. The van der Waals surface area contributed by atoms with Gasteiger partial charge in [0.2, 0.25) is 0 Å². The zero-order valence-corrected chi connectivity index (χ0v) is 11.9. The van der Waals surface area contributed by atoms with E-state index < -0.39 is 0 Å². The van der Waals surface area contributed by atoms with E-state index in [0.29, 0.717) is 17.9 Å². The molecule has 0 aliphatic rings. The number of hydrogen-bond acceptors (Lipinski definition) is 5. The minimum Gasteiger partial charge on any atom is -0.469 e. The van der Waals surface area contributed by atoms with Crippen molar-refractivity contribution < 1.29 is 9.53 Å². The molecule has 0 unspecified atom stereocenters. The summed E-state index contributed by atoms with van der Waals surface area (Å²) >= 11 is 7.40. The maximum absolute atomic E-state index is 11.0. The van der Waals surface area contributed by atoms with Crippen LogP contribution in [0, 0.1) is 0 Å². The minimum absolute atomic E-state index is 0.225. The average molecular weight is 297 g/mol. The van der Waals surface area contributed by atoms with Crippen molar-refractivity contribution in [1.82, 2.24) is 4.98 Å². The molecule has 100 valence electrons. The number of thiazole rings is 1. The fourth-order valence-electron chi connectivity index (χ4n) is 1.50. The Kier molecular flexibility index (Phi) is 4.76. The Hall–Kier alpha value is -1.59. The van der Waals surface area contributed by atoms with E-state index in [-0.39, 0.29) is 5.97 Å².